The van der Waals surface area contributed by atoms with Crippen molar-refractivity contribution in [3.05, 3.63) is 0 Å². The first kappa shape index (κ1) is 16.8. The molecular weight excluding hydrogens is 181 g/mol. The molecule has 0 saturated carbocycles. The minimum Gasteiger partial charge on any atom is -0.147 e. The Morgan fingerprint density at radius 1 is 0.800 bits per heavy atom. The van der Waals surface area contributed by atoms with Crippen molar-refractivity contribution in [1.82, 2.24) is 0 Å². The molecule has 0 aromatic heterocycles. The average molecular weight is 195 g/mol. The van der Waals surface area contributed by atoms with Gasteiger partial charge in [-0.1, -0.05) is 0 Å². The molecule has 0 aliphatic heterocycles. The van der Waals surface area contributed by atoms with Crippen molar-refractivity contribution < 1.29 is 19.5 Å². The molecule has 0 fully saturated rings. The number of quaternary nitrogens is 1. The second-order valence-corrected chi connectivity index (χ2v) is 1.32. The smallest absolute Gasteiger partial charge is 0.147 e. The van der Waals surface area contributed by atoms with Gasteiger partial charge in [0.2, 0.25) is 0 Å². The van der Waals surface area contributed by atoms with Crippen LogP contribution in [-0.2, 0) is 14.5 Å². The number of hydrogen-bond donors (Lipinski definition) is 0. The molecule has 0 radical (unpaired) electrons. The second-order valence-electron chi connectivity index (χ2n) is 1.32. The zero-order valence-electron chi connectivity index (χ0n) is 6.49. The summed E-state index contributed by atoms with van der Waals surface area (Å²) in [7, 11) is 6.10. The van der Waals surface area contributed by atoms with E-state index < -0.39 is 0 Å². The molecule has 0 unspecified atom stereocenters. The summed E-state index contributed by atoms with van der Waals surface area (Å²) < 4.78 is 0. The molecule has 0 aromatic rings. The predicted molar refractivity (Wildman–Crippen MR) is 41.7 cm³/mol. The summed E-state index contributed by atoms with van der Waals surface area (Å²) in [5.74, 6) is 0. The summed E-state index contributed by atoms with van der Waals surface area (Å²) in [5.41, 5.74) is 0. The average Bonchev–Trinajstić information content (AvgIpc) is 1.87. The third kappa shape index (κ3) is 5.22. The van der Waals surface area contributed by atoms with E-state index >= 15 is 0 Å². The van der Waals surface area contributed by atoms with Gasteiger partial charge in [0, 0.05) is 0 Å². The van der Waals surface area contributed by atoms with Gasteiger partial charge in [0.15, 0.2) is 7.05 Å². The molecule has 0 atom stereocenters. The number of hydroxylamine groups is 3. The van der Waals surface area contributed by atoms with Crippen molar-refractivity contribution in [2.24, 2.45) is 0 Å². The van der Waals surface area contributed by atoms with Crippen LogP contribution < -0.4 is 0 Å². The highest BCUT2D eigenvalue weighted by molar-refractivity contribution is 5.85. The molecule has 0 amide bonds. The van der Waals surface area contributed by atoms with Crippen LogP contribution in [0.25, 0.3) is 0 Å². The Hall–Kier alpha value is 0.420. The Balaban J connectivity index is -0.000000245. The van der Waals surface area contributed by atoms with Gasteiger partial charge >= 0.3 is 0 Å². The molecule has 0 N–H and O–H groups in total. The maximum absolute atomic E-state index is 4.73. The molecule has 10 heavy (non-hydrogen) atoms. The fourth-order valence-corrected chi connectivity index (χ4v) is 0.224. The van der Waals surface area contributed by atoms with Crippen molar-refractivity contribution in [3.8, 4) is 0 Å². The second kappa shape index (κ2) is 7.53. The van der Waals surface area contributed by atoms with Gasteiger partial charge in [0.25, 0.3) is 0 Å². The minimum absolute atomic E-state index is 0. The van der Waals surface area contributed by atoms with Gasteiger partial charge in [-0.25, -0.2) is 0 Å². The third-order valence-electron chi connectivity index (χ3n) is 0.995. The van der Waals surface area contributed by atoms with Crippen LogP contribution in [0.15, 0.2) is 0 Å². The summed E-state index contributed by atoms with van der Waals surface area (Å²) in [5, 5.41) is 0. The first-order valence-corrected chi connectivity index (χ1v) is 2.22. The van der Waals surface area contributed by atoms with Gasteiger partial charge in [0.1, 0.15) is 21.3 Å². The highest BCUT2D eigenvalue weighted by Crippen LogP contribution is 1.99. The molecule has 0 rings (SSSR count). The van der Waals surface area contributed by atoms with Crippen molar-refractivity contribution in [1.29, 1.82) is 0 Å². The van der Waals surface area contributed by atoms with Crippen LogP contribution in [-0.4, -0.2) is 33.4 Å². The van der Waals surface area contributed by atoms with Gasteiger partial charge in [-0.2, -0.15) is 0 Å². The van der Waals surface area contributed by atoms with Crippen LogP contribution in [0.1, 0.15) is 0 Å². The molecule has 66 valence electrons. The van der Waals surface area contributed by atoms with E-state index in [9.17, 15) is 0 Å². The van der Waals surface area contributed by atoms with Crippen molar-refractivity contribution in [3.63, 3.8) is 0 Å². The summed E-state index contributed by atoms with van der Waals surface area (Å²) in [6.45, 7) is 0. The zero-order chi connectivity index (χ0) is 6.62. The van der Waals surface area contributed by atoms with E-state index in [1.807, 2.05) is 0 Å². The lowest BCUT2D eigenvalue weighted by molar-refractivity contribution is -1.35. The highest BCUT2D eigenvalue weighted by Gasteiger charge is 2.20. The van der Waals surface area contributed by atoms with Crippen LogP contribution in [0.3, 0.4) is 0 Å². The fourth-order valence-electron chi connectivity index (χ4n) is 0.224. The minimum atomic E-state index is -0.292. The zero-order valence-corrected chi connectivity index (χ0v) is 8.12. The van der Waals surface area contributed by atoms with Crippen LogP contribution in [0, 0.1) is 0 Å². The predicted octanol–water partition coefficient (Wildman–Crippen LogP) is 0.961. The molecule has 0 aromatic carbocycles. The number of halogens is 2. The molecule has 4 nitrogen and oxygen atoms in total. The molecular formula is C4H14Cl2NO3+. The highest BCUT2D eigenvalue weighted by atomic mass is 35.5. The van der Waals surface area contributed by atoms with Gasteiger partial charge in [-0.15, -0.1) is 39.3 Å². The first-order valence-electron chi connectivity index (χ1n) is 2.22. The van der Waals surface area contributed by atoms with E-state index in [-0.39, 0.29) is 29.8 Å². The SMILES string of the molecule is CO[N+](C)(OC)OC.Cl.Cl. The Bertz CT molecular complexity index is 61.3. The van der Waals surface area contributed by atoms with Crippen LogP contribution >= 0.6 is 24.8 Å². The molecule has 6 heteroatoms. The van der Waals surface area contributed by atoms with Crippen LogP contribution in [0.2, 0.25) is 0 Å². The fraction of sp³-hybridized carbons (Fsp3) is 1.00. The number of hydrogen-bond acceptors (Lipinski definition) is 3. The van der Waals surface area contributed by atoms with E-state index in [1.54, 1.807) is 7.05 Å². The lowest BCUT2D eigenvalue weighted by Crippen LogP contribution is -2.40. The van der Waals surface area contributed by atoms with E-state index in [4.69, 9.17) is 14.5 Å². The molecule has 0 aliphatic rings. The third-order valence-corrected chi connectivity index (χ3v) is 0.995. The lowest BCUT2D eigenvalue weighted by Gasteiger charge is -2.19. The van der Waals surface area contributed by atoms with Crippen LogP contribution in [0.4, 0.5) is 0 Å². The Labute approximate surface area is 73.3 Å². The summed E-state index contributed by atoms with van der Waals surface area (Å²) >= 11 is 0. The molecule has 0 heterocycles. The van der Waals surface area contributed by atoms with Gasteiger partial charge in [-0.05, 0) is 0 Å². The first-order chi connectivity index (χ1) is 3.68. The monoisotopic (exact) mass is 194 g/mol. The van der Waals surface area contributed by atoms with Crippen molar-refractivity contribution >= 4 is 24.8 Å². The molecule has 0 saturated heterocycles. The summed E-state index contributed by atoms with van der Waals surface area (Å²) in [6.07, 6.45) is 0. The molecule has 0 aliphatic carbocycles. The summed E-state index contributed by atoms with van der Waals surface area (Å²) in [6, 6.07) is 0. The number of nitrogens with zero attached hydrogens (tertiary/aromatic N) is 1. The normalized spacial score (nSPS) is 9.60. The lowest BCUT2D eigenvalue weighted by atomic mass is 11.4. The largest absolute Gasteiger partial charge is 0.168 e. The van der Waals surface area contributed by atoms with E-state index in [0.29, 0.717) is 0 Å². The molecule has 0 spiro atoms. The quantitative estimate of drug-likeness (QED) is 0.495. The van der Waals surface area contributed by atoms with Crippen molar-refractivity contribution in [2.45, 2.75) is 0 Å². The van der Waals surface area contributed by atoms with Crippen LogP contribution in [0.5, 0.6) is 0 Å². The standard InChI is InChI=1S/C4H12NO3.2ClH/c1-5(6-2,7-3)8-4;;/h1-4H3;2*1H/q+1;;. The van der Waals surface area contributed by atoms with Gasteiger partial charge in [-0.3, -0.25) is 0 Å². The maximum atomic E-state index is 4.73. The Kier molecular flexibility index (Phi) is 12.6. The topological polar surface area (TPSA) is 27.7 Å². The maximum Gasteiger partial charge on any atom is 0.168 e. The number of rotatable bonds is 3. The Morgan fingerprint density at radius 2 is 1.00 bits per heavy atom. The van der Waals surface area contributed by atoms with Gasteiger partial charge in [0.05, 0.1) is 4.97 Å². The van der Waals surface area contributed by atoms with E-state index in [2.05, 4.69) is 0 Å². The van der Waals surface area contributed by atoms with Crippen molar-refractivity contribution in [2.75, 3.05) is 28.4 Å². The van der Waals surface area contributed by atoms with E-state index in [0.717, 1.165) is 0 Å². The molecule has 0 bridgehead atoms. The van der Waals surface area contributed by atoms with E-state index in [1.165, 1.54) is 21.3 Å². The van der Waals surface area contributed by atoms with Gasteiger partial charge < -0.3 is 0 Å². The Morgan fingerprint density at radius 3 is 1.00 bits per heavy atom. The summed E-state index contributed by atoms with van der Waals surface area (Å²) in [4.78, 5) is 13.9.